The standard InChI is InChI=1S/C24H18Cl2N2O4/c1-13-6-8-15(12-16(13)25)28-21(18-5-3-4-10-27-18)20(23(30)24(28)31)22(29)14-7-9-19(32-2)17(26)11-14/h3-12,21,29H,1-2H3/b22-20+. The van der Waals surface area contributed by atoms with Crippen LogP contribution >= 0.6 is 23.2 Å². The summed E-state index contributed by atoms with van der Waals surface area (Å²) < 4.78 is 5.15. The van der Waals surface area contributed by atoms with Gasteiger partial charge in [0.15, 0.2) is 0 Å². The van der Waals surface area contributed by atoms with Gasteiger partial charge in [-0.2, -0.15) is 0 Å². The van der Waals surface area contributed by atoms with Gasteiger partial charge in [0.25, 0.3) is 11.7 Å². The molecule has 1 unspecified atom stereocenters. The monoisotopic (exact) mass is 468 g/mol. The van der Waals surface area contributed by atoms with Crippen molar-refractivity contribution in [3.63, 3.8) is 0 Å². The maximum Gasteiger partial charge on any atom is 0.300 e. The summed E-state index contributed by atoms with van der Waals surface area (Å²) in [5, 5.41) is 11.8. The molecule has 1 aliphatic rings. The second-order valence-electron chi connectivity index (χ2n) is 7.21. The predicted molar refractivity (Wildman–Crippen MR) is 123 cm³/mol. The van der Waals surface area contributed by atoms with Gasteiger partial charge in [-0.1, -0.05) is 35.3 Å². The Morgan fingerprint density at radius 2 is 1.84 bits per heavy atom. The maximum atomic E-state index is 13.1. The number of ketones is 1. The summed E-state index contributed by atoms with van der Waals surface area (Å²) in [4.78, 5) is 31.9. The van der Waals surface area contributed by atoms with Crippen molar-refractivity contribution in [1.29, 1.82) is 0 Å². The van der Waals surface area contributed by atoms with E-state index in [0.717, 1.165) is 5.56 Å². The smallest absolute Gasteiger partial charge is 0.300 e. The SMILES string of the molecule is COc1ccc(/C(O)=C2\C(=O)C(=O)N(c3ccc(C)c(Cl)c3)C2c2ccccn2)cc1Cl. The first kappa shape index (κ1) is 21.9. The molecule has 1 atom stereocenters. The molecule has 162 valence electrons. The van der Waals surface area contributed by atoms with Gasteiger partial charge in [0.05, 0.1) is 23.4 Å². The number of rotatable bonds is 4. The van der Waals surface area contributed by atoms with E-state index >= 15 is 0 Å². The number of carbonyl (C=O) groups is 2. The molecule has 6 nitrogen and oxygen atoms in total. The Bertz CT molecular complexity index is 1260. The van der Waals surface area contributed by atoms with Crippen molar-refractivity contribution >= 4 is 46.3 Å². The van der Waals surface area contributed by atoms with E-state index in [0.29, 0.717) is 22.2 Å². The normalized spacial score (nSPS) is 17.6. The molecule has 0 radical (unpaired) electrons. The van der Waals surface area contributed by atoms with Crippen LogP contribution < -0.4 is 9.64 Å². The number of amides is 1. The zero-order valence-corrected chi connectivity index (χ0v) is 18.7. The van der Waals surface area contributed by atoms with E-state index in [2.05, 4.69) is 4.98 Å². The van der Waals surface area contributed by atoms with Crippen LogP contribution in [0.1, 0.15) is 22.9 Å². The molecule has 1 N–H and O–H groups in total. The molecule has 2 aromatic carbocycles. The first-order valence-electron chi connectivity index (χ1n) is 9.65. The number of hydrogen-bond acceptors (Lipinski definition) is 5. The van der Waals surface area contributed by atoms with Gasteiger partial charge in [0.2, 0.25) is 0 Å². The zero-order valence-electron chi connectivity index (χ0n) is 17.2. The van der Waals surface area contributed by atoms with Crippen LogP contribution in [0.4, 0.5) is 5.69 Å². The van der Waals surface area contributed by atoms with E-state index in [9.17, 15) is 14.7 Å². The number of aliphatic hydroxyl groups excluding tert-OH is 1. The molecule has 1 saturated heterocycles. The van der Waals surface area contributed by atoms with E-state index in [1.807, 2.05) is 6.92 Å². The minimum absolute atomic E-state index is 0.0911. The highest BCUT2D eigenvalue weighted by Crippen LogP contribution is 2.42. The topological polar surface area (TPSA) is 79.7 Å². The van der Waals surface area contributed by atoms with Crippen LogP contribution in [0.3, 0.4) is 0 Å². The summed E-state index contributed by atoms with van der Waals surface area (Å²) in [5.41, 5.74) is 1.85. The third-order valence-corrected chi connectivity index (χ3v) is 5.97. The molecule has 1 amide bonds. The van der Waals surface area contributed by atoms with Crippen LogP contribution in [0.2, 0.25) is 10.0 Å². The molecule has 1 aliphatic heterocycles. The minimum Gasteiger partial charge on any atom is -0.507 e. The molecule has 0 aliphatic carbocycles. The van der Waals surface area contributed by atoms with Crippen LogP contribution in [-0.2, 0) is 9.59 Å². The van der Waals surface area contributed by atoms with Crippen LogP contribution in [0.5, 0.6) is 5.75 Å². The number of aryl methyl sites for hydroxylation is 1. The predicted octanol–water partition coefficient (Wildman–Crippen LogP) is 5.33. The molecule has 0 saturated carbocycles. The number of methoxy groups -OCH3 is 1. The van der Waals surface area contributed by atoms with Gasteiger partial charge in [-0.25, -0.2) is 0 Å². The van der Waals surface area contributed by atoms with E-state index < -0.39 is 17.7 Å². The number of ether oxygens (including phenoxy) is 1. The number of pyridine rings is 1. The van der Waals surface area contributed by atoms with Gasteiger partial charge in [0.1, 0.15) is 17.6 Å². The average Bonchev–Trinajstić information content (AvgIpc) is 3.06. The second kappa shape index (κ2) is 8.65. The lowest BCUT2D eigenvalue weighted by atomic mass is 9.98. The molecule has 0 spiro atoms. The van der Waals surface area contributed by atoms with E-state index in [1.165, 1.54) is 18.1 Å². The Labute approximate surface area is 194 Å². The van der Waals surface area contributed by atoms with E-state index in [4.69, 9.17) is 27.9 Å². The quantitative estimate of drug-likeness (QED) is 0.317. The van der Waals surface area contributed by atoms with Crippen LogP contribution in [0, 0.1) is 6.92 Å². The lowest BCUT2D eigenvalue weighted by Crippen LogP contribution is -2.29. The molecule has 0 bridgehead atoms. The number of nitrogens with zero attached hydrogens (tertiary/aromatic N) is 2. The number of halogens is 2. The highest BCUT2D eigenvalue weighted by atomic mass is 35.5. The van der Waals surface area contributed by atoms with Crippen molar-refractivity contribution in [1.82, 2.24) is 4.98 Å². The highest BCUT2D eigenvalue weighted by molar-refractivity contribution is 6.51. The van der Waals surface area contributed by atoms with Crippen molar-refractivity contribution in [2.24, 2.45) is 0 Å². The molecule has 1 fully saturated rings. The van der Waals surface area contributed by atoms with Crippen LogP contribution in [-0.4, -0.2) is 28.9 Å². The van der Waals surface area contributed by atoms with Gasteiger partial charge in [-0.15, -0.1) is 0 Å². The molecule has 32 heavy (non-hydrogen) atoms. The van der Waals surface area contributed by atoms with E-state index in [1.54, 1.807) is 54.7 Å². The molecule has 2 heterocycles. The fourth-order valence-electron chi connectivity index (χ4n) is 3.62. The fourth-order valence-corrected chi connectivity index (χ4v) is 4.05. The summed E-state index contributed by atoms with van der Waals surface area (Å²) >= 11 is 12.5. The van der Waals surface area contributed by atoms with Crippen molar-refractivity contribution in [2.75, 3.05) is 12.0 Å². The summed E-state index contributed by atoms with van der Waals surface area (Å²) in [7, 11) is 1.47. The molecular weight excluding hydrogens is 451 g/mol. The van der Waals surface area contributed by atoms with Gasteiger partial charge < -0.3 is 9.84 Å². The second-order valence-corrected chi connectivity index (χ2v) is 8.02. The number of hydrogen-bond donors (Lipinski definition) is 1. The number of benzene rings is 2. The van der Waals surface area contributed by atoms with Crippen molar-refractivity contribution in [3.05, 3.63) is 93.2 Å². The summed E-state index contributed by atoms with van der Waals surface area (Å²) in [5.74, 6) is -1.56. The zero-order chi connectivity index (χ0) is 23.0. The highest BCUT2D eigenvalue weighted by Gasteiger charge is 2.47. The Morgan fingerprint density at radius 1 is 1.06 bits per heavy atom. The maximum absolute atomic E-state index is 13.1. The number of anilines is 1. The lowest BCUT2D eigenvalue weighted by molar-refractivity contribution is -0.132. The molecule has 1 aromatic heterocycles. The summed E-state index contributed by atoms with van der Waals surface area (Å²) in [6, 6.07) is 13.9. The van der Waals surface area contributed by atoms with Gasteiger partial charge >= 0.3 is 0 Å². The van der Waals surface area contributed by atoms with Crippen molar-refractivity contribution in [2.45, 2.75) is 13.0 Å². The third-order valence-electron chi connectivity index (χ3n) is 5.27. The number of carbonyl (C=O) groups excluding carboxylic acids is 2. The van der Waals surface area contributed by atoms with E-state index in [-0.39, 0.29) is 21.9 Å². The van der Waals surface area contributed by atoms with Gasteiger partial charge in [0, 0.05) is 22.5 Å². The Morgan fingerprint density at radius 3 is 2.47 bits per heavy atom. The number of aliphatic hydroxyl groups is 1. The Balaban J connectivity index is 1.94. The minimum atomic E-state index is -0.948. The summed E-state index contributed by atoms with van der Waals surface area (Å²) in [6.45, 7) is 1.84. The van der Waals surface area contributed by atoms with Crippen LogP contribution in [0.15, 0.2) is 66.4 Å². The molecular formula is C24H18Cl2N2O4. The first-order chi connectivity index (χ1) is 15.3. The largest absolute Gasteiger partial charge is 0.507 e. The van der Waals surface area contributed by atoms with Gasteiger partial charge in [-0.05, 0) is 55.0 Å². The fraction of sp³-hybridized carbons (Fsp3) is 0.125. The third kappa shape index (κ3) is 3.72. The van der Waals surface area contributed by atoms with Crippen LogP contribution in [0.25, 0.3) is 5.76 Å². The van der Waals surface area contributed by atoms with Crippen molar-refractivity contribution in [3.8, 4) is 5.75 Å². The Hall–Kier alpha value is -3.35. The lowest BCUT2D eigenvalue weighted by Gasteiger charge is -2.25. The van der Waals surface area contributed by atoms with Gasteiger partial charge in [-0.3, -0.25) is 19.5 Å². The van der Waals surface area contributed by atoms with Crippen molar-refractivity contribution < 1.29 is 19.4 Å². The Kier molecular flexibility index (Phi) is 5.91. The molecule has 8 heteroatoms. The molecule has 4 rings (SSSR count). The first-order valence-corrected chi connectivity index (χ1v) is 10.4. The number of aromatic nitrogens is 1. The summed E-state index contributed by atoms with van der Waals surface area (Å²) in [6.07, 6.45) is 1.56. The number of Topliss-reactive ketones (excluding diaryl/α,β-unsaturated/α-hetero) is 1. The molecule has 3 aromatic rings. The average molecular weight is 469 g/mol.